The molecule has 0 saturated carbocycles. The molecule has 2 bridgehead atoms. The molecule has 1 unspecified atom stereocenters. The third kappa shape index (κ3) is 1.75. The fourth-order valence-corrected chi connectivity index (χ4v) is 4.14. The highest BCUT2D eigenvalue weighted by Crippen LogP contribution is 2.40. The maximum absolute atomic E-state index is 13.1. The topological polar surface area (TPSA) is 52.7 Å². The molecule has 1 aromatic rings. The Bertz CT molecular complexity index is 664. The van der Waals surface area contributed by atoms with Crippen LogP contribution in [-0.2, 0) is 4.79 Å². The van der Waals surface area contributed by atoms with Gasteiger partial charge in [0, 0.05) is 6.54 Å². The van der Waals surface area contributed by atoms with Crippen molar-refractivity contribution in [2.75, 3.05) is 24.5 Å². The number of aryl methyl sites for hydroxylation is 2. The van der Waals surface area contributed by atoms with E-state index in [0.717, 1.165) is 37.1 Å². The average Bonchev–Trinajstić information content (AvgIpc) is 2.74. The number of rotatable bonds is 1. The first-order valence-corrected chi connectivity index (χ1v) is 7.97. The van der Waals surface area contributed by atoms with Gasteiger partial charge in [0.15, 0.2) is 0 Å². The van der Waals surface area contributed by atoms with Crippen molar-refractivity contribution in [1.29, 1.82) is 0 Å². The predicted molar refractivity (Wildman–Crippen MR) is 83.8 cm³/mol. The molecule has 0 aliphatic carbocycles. The molecular formula is C17H21N3O2. The first-order chi connectivity index (χ1) is 10.5. The summed E-state index contributed by atoms with van der Waals surface area (Å²) in [4.78, 5) is 29.2. The second-order valence-corrected chi connectivity index (χ2v) is 6.86. The normalized spacial score (nSPS) is 33.6. The molecule has 5 rings (SSSR count). The monoisotopic (exact) mass is 299 g/mol. The average molecular weight is 299 g/mol. The van der Waals surface area contributed by atoms with E-state index in [0.29, 0.717) is 12.2 Å². The molecule has 4 saturated heterocycles. The van der Waals surface area contributed by atoms with Crippen molar-refractivity contribution in [2.24, 2.45) is 5.92 Å². The number of amides is 3. The molecule has 1 N–H and O–H groups in total. The third-order valence-electron chi connectivity index (χ3n) is 5.62. The molecule has 4 aliphatic heterocycles. The molecule has 1 atom stereocenters. The van der Waals surface area contributed by atoms with Crippen LogP contribution in [0.2, 0.25) is 0 Å². The molecule has 116 valence electrons. The minimum Gasteiger partial charge on any atom is -0.321 e. The van der Waals surface area contributed by atoms with E-state index in [1.54, 1.807) is 0 Å². The van der Waals surface area contributed by atoms with Crippen LogP contribution in [0.1, 0.15) is 24.0 Å². The molecule has 1 aromatic carbocycles. The Hall–Kier alpha value is -1.88. The van der Waals surface area contributed by atoms with E-state index in [4.69, 9.17) is 0 Å². The zero-order valence-corrected chi connectivity index (χ0v) is 13.1. The van der Waals surface area contributed by atoms with Crippen LogP contribution in [0.15, 0.2) is 18.2 Å². The number of imide groups is 1. The van der Waals surface area contributed by atoms with E-state index in [9.17, 15) is 9.59 Å². The van der Waals surface area contributed by atoms with Crippen LogP contribution < -0.4 is 10.2 Å². The van der Waals surface area contributed by atoms with Gasteiger partial charge in [-0.25, -0.2) is 9.69 Å². The Morgan fingerprint density at radius 2 is 1.86 bits per heavy atom. The summed E-state index contributed by atoms with van der Waals surface area (Å²) in [6.07, 6.45) is 1.99. The molecular weight excluding hydrogens is 278 g/mol. The zero-order chi connectivity index (χ0) is 15.5. The molecule has 5 nitrogen and oxygen atoms in total. The van der Waals surface area contributed by atoms with Crippen LogP contribution in [-0.4, -0.2) is 42.0 Å². The Labute approximate surface area is 130 Å². The quantitative estimate of drug-likeness (QED) is 0.805. The van der Waals surface area contributed by atoms with Gasteiger partial charge in [0.05, 0.1) is 5.69 Å². The van der Waals surface area contributed by atoms with Crippen LogP contribution in [0.5, 0.6) is 0 Å². The Morgan fingerprint density at radius 3 is 2.45 bits per heavy atom. The molecule has 4 heterocycles. The molecule has 0 aromatic heterocycles. The van der Waals surface area contributed by atoms with Gasteiger partial charge in [-0.3, -0.25) is 4.79 Å². The van der Waals surface area contributed by atoms with E-state index in [-0.39, 0.29) is 17.9 Å². The number of hydrogen-bond acceptors (Lipinski definition) is 3. The zero-order valence-electron chi connectivity index (χ0n) is 13.1. The van der Waals surface area contributed by atoms with Gasteiger partial charge in [-0.05, 0) is 69.0 Å². The van der Waals surface area contributed by atoms with Gasteiger partial charge in [-0.15, -0.1) is 0 Å². The Kier molecular flexibility index (Phi) is 2.85. The van der Waals surface area contributed by atoms with Gasteiger partial charge in [0.1, 0.15) is 5.54 Å². The van der Waals surface area contributed by atoms with Crippen molar-refractivity contribution in [3.63, 3.8) is 0 Å². The fourth-order valence-electron chi connectivity index (χ4n) is 4.14. The third-order valence-corrected chi connectivity index (χ3v) is 5.62. The summed E-state index contributed by atoms with van der Waals surface area (Å²) < 4.78 is 0. The lowest BCUT2D eigenvalue weighted by molar-refractivity contribution is -0.129. The molecule has 3 amide bonds. The van der Waals surface area contributed by atoms with Gasteiger partial charge in [-0.1, -0.05) is 6.07 Å². The molecule has 4 aliphatic rings. The molecule has 4 fully saturated rings. The number of nitrogens with zero attached hydrogens (tertiary/aromatic N) is 2. The number of carbonyl (C=O) groups is 2. The molecule has 1 spiro atoms. The fraction of sp³-hybridized carbons (Fsp3) is 0.529. The Morgan fingerprint density at radius 1 is 1.14 bits per heavy atom. The number of benzene rings is 1. The highest BCUT2D eigenvalue weighted by molar-refractivity contribution is 6.23. The van der Waals surface area contributed by atoms with E-state index in [2.05, 4.69) is 10.2 Å². The maximum atomic E-state index is 13.1. The number of fused-ring (bicyclic) bond motifs is 2. The van der Waals surface area contributed by atoms with Crippen LogP contribution >= 0.6 is 0 Å². The second-order valence-electron chi connectivity index (χ2n) is 6.86. The van der Waals surface area contributed by atoms with Gasteiger partial charge in [-0.2, -0.15) is 0 Å². The van der Waals surface area contributed by atoms with E-state index >= 15 is 0 Å². The van der Waals surface area contributed by atoms with Crippen molar-refractivity contribution in [1.82, 2.24) is 10.2 Å². The number of hydrogen-bond donors (Lipinski definition) is 1. The van der Waals surface area contributed by atoms with Gasteiger partial charge in [0.2, 0.25) is 0 Å². The molecule has 0 radical (unpaired) electrons. The summed E-state index contributed by atoms with van der Waals surface area (Å²) in [6.45, 7) is 6.77. The van der Waals surface area contributed by atoms with Crippen LogP contribution in [0.25, 0.3) is 0 Å². The lowest BCUT2D eigenvalue weighted by Crippen LogP contribution is -2.67. The lowest BCUT2D eigenvalue weighted by atomic mass is 9.72. The number of nitrogens with one attached hydrogen (secondary N) is 1. The van der Waals surface area contributed by atoms with Gasteiger partial charge >= 0.3 is 6.03 Å². The summed E-state index contributed by atoms with van der Waals surface area (Å²) in [5, 5.41) is 3.03. The smallest absolute Gasteiger partial charge is 0.321 e. The molecule has 22 heavy (non-hydrogen) atoms. The van der Waals surface area contributed by atoms with Gasteiger partial charge < -0.3 is 10.2 Å². The van der Waals surface area contributed by atoms with Crippen molar-refractivity contribution in [3.8, 4) is 0 Å². The van der Waals surface area contributed by atoms with Crippen molar-refractivity contribution in [2.45, 2.75) is 32.2 Å². The summed E-state index contributed by atoms with van der Waals surface area (Å²) in [7, 11) is 0. The number of carbonyl (C=O) groups excluding carboxylic acids is 2. The predicted octanol–water partition coefficient (Wildman–Crippen LogP) is 1.82. The standard InChI is InChI=1S/C17H21N3O2/c1-11-3-4-14(9-12(11)2)20-15(21)17(18-16(20)22)10-19-7-5-13(17)6-8-19/h3-4,9,13H,5-8,10H2,1-2H3,(H,18,22). The summed E-state index contributed by atoms with van der Waals surface area (Å²) >= 11 is 0. The highest BCUT2D eigenvalue weighted by Gasteiger charge is 2.59. The van der Waals surface area contributed by atoms with Gasteiger partial charge in [0.25, 0.3) is 5.91 Å². The van der Waals surface area contributed by atoms with E-state index < -0.39 is 5.54 Å². The number of piperidine rings is 3. The van der Waals surface area contributed by atoms with Crippen molar-refractivity contribution < 1.29 is 9.59 Å². The maximum Gasteiger partial charge on any atom is 0.329 e. The largest absolute Gasteiger partial charge is 0.329 e. The van der Waals surface area contributed by atoms with Crippen LogP contribution in [0.3, 0.4) is 0 Å². The summed E-state index contributed by atoms with van der Waals surface area (Å²) in [6, 6.07) is 5.47. The Balaban J connectivity index is 1.72. The van der Waals surface area contributed by atoms with E-state index in [1.165, 1.54) is 4.90 Å². The van der Waals surface area contributed by atoms with Crippen molar-refractivity contribution >= 4 is 17.6 Å². The second kappa shape index (κ2) is 4.56. The summed E-state index contributed by atoms with van der Waals surface area (Å²) in [5.41, 5.74) is 2.23. The number of urea groups is 1. The lowest BCUT2D eigenvalue weighted by Gasteiger charge is -2.49. The summed E-state index contributed by atoms with van der Waals surface area (Å²) in [5.74, 6) is 0.195. The first-order valence-electron chi connectivity index (χ1n) is 7.97. The number of anilines is 1. The SMILES string of the molecule is Cc1ccc(N2C(=O)NC3(CN4CCC3CC4)C2=O)cc1C. The van der Waals surface area contributed by atoms with Crippen LogP contribution in [0.4, 0.5) is 10.5 Å². The van der Waals surface area contributed by atoms with Crippen molar-refractivity contribution in [3.05, 3.63) is 29.3 Å². The molecule has 5 heteroatoms. The first kappa shape index (κ1) is 13.8. The van der Waals surface area contributed by atoms with Crippen LogP contribution in [0, 0.1) is 19.8 Å². The highest BCUT2D eigenvalue weighted by atomic mass is 16.2. The minimum absolute atomic E-state index is 0.0739. The minimum atomic E-state index is -0.702. The van der Waals surface area contributed by atoms with E-state index in [1.807, 2.05) is 32.0 Å².